The van der Waals surface area contributed by atoms with E-state index in [0.29, 0.717) is 13.0 Å². The van der Waals surface area contributed by atoms with Crippen LogP contribution in [-0.2, 0) is 14.3 Å². The van der Waals surface area contributed by atoms with Crippen LogP contribution >= 0.6 is 0 Å². The average Bonchev–Trinajstić information content (AvgIpc) is 3.15. The highest BCUT2D eigenvalue weighted by Crippen LogP contribution is 2.14. The monoisotopic (exact) mass is 727 g/mol. The third-order valence-electron chi connectivity index (χ3n) is 9.58. The lowest BCUT2D eigenvalue weighted by Crippen LogP contribution is -2.27. The fourth-order valence-corrected chi connectivity index (χ4v) is 6.26. The van der Waals surface area contributed by atoms with Crippen molar-refractivity contribution < 1.29 is 19.4 Å². The van der Waals surface area contributed by atoms with Crippen LogP contribution in [0.2, 0.25) is 0 Å². The van der Waals surface area contributed by atoms with Gasteiger partial charge in [0.05, 0.1) is 13.2 Å². The highest BCUT2D eigenvalue weighted by atomic mass is 16.6. The Morgan fingerprint density at radius 1 is 0.481 bits per heavy atom. The summed E-state index contributed by atoms with van der Waals surface area (Å²) in [5.74, 6) is -0.210. The third-order valence-corrected chi connectivity index (χ3v) is 9.58. The molecule has 0 aliphatic carbocycles. The van der Waals surface area contributed by atoms with Crippen LogP contribution in [0, 0.1) is 0 Å². The Morgan fingerprint density at radius 2 is 0.865 bits per heavy atom. The summed E-state index contributed by atoms with van der Waals surface area (Å²) in [5, 5.41) is 9.61. The Kier molecular flexibility index (Phi) is 43.6. The maximum atomic E-state index is 12.2. The summed E-state index contributed by atoms with van der Waals surface area (Å²) in [4.78, 5) is 12.2. The number of hydrogen-bond donors (Lipinski definition) is 1. The molecule has 0 heterocycles. The minimum atomic E-state index is -0.542. The fraction of sp³-hybridized carbons (Fsp3) is 0.771. The predicted octanol–water partition coefficient (Wildman–Crippen LogP) is 14.8. The first-order valence-corrected chi connectivity index (χ1v) is 22.4. The molecule has 4 nitrogen and oxygen atoms in total. The van der Waals surface area contributed by atoms with E-state index in [2.05, 4.69) is 74.6 Å². The molecule has 4 heteroatoms. The third kappa shape index (κ3) is 42.5. The zero-order chi connectivity index (χ0) is 37.7. The topological polar surface area (TPSA) is 55.8 Å². The maximum absolute atomic E-state index is 12.2. The summed E-state index contributed by atoms with van der Waals surface area (Å²) in [6.45, 7) is 5.23. The number of aliphatic hydroxyl groups excluding tert-OH is 1. The van der Waals surface area contributed by atoms with E-state index in [1.54, 1.807) is 0 Å². The summed E-state index contributed by atoms with van der Waals surface area (Å²) in [5.41, 5.74) is 0. The number of esters is 1. The van der Waals surface area contributed by atoms with Crippen molar-refractivity contribution in [3.63, 3.8) is 0 Å². The molecule has 0 aliphatic rings. The summed E-state index contributed by atoms with van der Waals surface area (Å²) in [6, 6.07) is 0. The number of aliphatic hydroxyl groups is 1. The first-order chi connectivity index (χ1) is 25.7. The molecule has 0 amide bonds. The van der Waals surface area contributed by atoms with Crippen molar-refractivity contribution in [3.8, 4) is 0 Å². The predicted molar refractivity (Wildman–Crippen MR) is 228 cm³/mol. The number of rotatable bonds is 41. The highest BCUT2D eigenvalue weighted by molar-refractivity contribution is 5.69. The number of ether oxygens (including phenoxy) is 2. The Bertz CT molecular complexity index is 854. The summed E-state index contributed by atoms with van der Waals surface area (Å²) in [7, 11) is 0. The first-order valence-electron chi connectivity index (χ1n) is 22.4. The van der Waals surface area contributed by atoms with Gasteiger partial charge in [-0.3, -0.25) is 4.79 Å². The van der Waals surface area contributed by atoms with E-state index in [9.17, 15) is 9.90 Å². The number of unbranched alkanes of at least 4 members (excludes halogenated alkanes) is 23. The van der Waals surface area contributed by atoms with Crippen LogP contribution in [0.1, 0.15) is 213 Å². The molecule has 302 valence electrons. The summed E-state index contributed by atoms with van der Waals surface area (Å²) in [6.07, 6.45) is 60.0. The van der Waals surface area contributed by atoms with Crippen LogP contribution in [0.25, 0.3) is 0 Å². The van der Waals surface area contributed by atoms with E-state index in [4.69, 9.17) is 9.47 Å². The molecule has 1 N–H and O–H groups in total. The van der Waals surface area contributed by atoms with Gasteiger partial charge in [0.15, 0.2) is 0 Å². The molecule has 0 saturated heterocycles. The molecule has 1 atom stereocenters. The molecule has 0 fully saturated rings. The smallest absolute Gasteiger partial charge is 0.306 e. The van der Waals surface area contributed by atoms with E-state index >= 15 is 0 Å². The standard InChI is InChI=1S/C48H86O4/c1-3-5-7-9-11-13-15-17-19-21-22-23-24-25-26-27-28-30-32-34-36-38-40-42-44-51-46-47(45-49)52-48(50)43-41-39-37-35-33-31-29-20-18-16-14-12-10-8-6-4-2/h5,7,11,13,17,19-20,22-23,29,47,49H,3-4,6,8-10,12,14-16,18,21,24-28,30-46H2,1-2H3/b7-5-,13-11-,19-17-,23-22-,29-20-. The van der Waals surface area contributed by atoms with Gasteiger partial charge in [0, 0.05) is 13.0 Å². The largest absolute Gasteiger partial charge is 0.457 e. The number of allylic oxidation sites excluding steroid dienone is 10. The molecule has 52 heavy (non-hydrogen) atoms. The molecule has 0 aromatic rings. The molecule has 1 unspecified atom stereocenters. The van der Waals surface area contributed by atoms with E-state index < -0.39 is 6.10 Å². The maximum Gasteiger partial charge on any atom is 0.306 e. The molecule has 0 aromatic carbocycles. The minimum Gasteiger partial charge on any atom is -0.457 e. The molecular weight excluding hydrogens is 641 g/mol. The van der Waals surface area contributed by atoms with Gasteiger partial charge in [0.2, 0.25) is 0 Å². The van der Waals surface area contributed by atoms with Crippen LogP contribution in [0.3, 0.4) is 0 Å². The van der Waals surface area contributed by atoms with Crippen molar-refractivity contribution in [2.24, 2.45) is 0 Å². The number of hydrogen-bond acceptors (Lipinski definition) is 4. The Labute approximate surface area is 324 Å². The molecule has 0 bridgehead atoms. The second kappa shape index (κ2) is 45.2. The van der Waals surface area contributed by atoms with Gasteiger partial charge >= 0.3 is 5.97 Å². The van der Waals surface area contributed by atoms with Gasteiger partial charge in [-0.1, -0.05) is 190 Å². The van der Waals surface area contributed by atoms with E-state index in [1.165, 1.54) is 148 Å². The van der Waals surface area contributed by atoms with Gasteiger partial charge < -0.3 is 14.6 Å². The van der Waals surface area contributed by atoms with Gasteiger partial charge in [0.1, 0.15) is 6.10 Å². The second-order valence-corrected chi connectivity index (χ2v) is 14.7. The Morgan fingerprint density at radius 3 is 1.33 bits per heavy atom. The molecule has 0 radical (unpaired) electrons. The van der Waals surface area contributed by atoms with Crippen molar-refractivity contribution in [3.05, 3.63) is 60.8 Å². The normalized spacial score (nSPS) is 12.9. The minimum absolute atomic E-state index is 0.177. The van der Waals surface area contributed by atoms with E-state index in [1.807, 2.05) is 0 Å². The molecule has 0 spiro atoms. The average molecular weight is 727 g/mol. The van der Waals surface area contributed by atoms with Crippen LogP contribution in [0.5, 0.6) is 0 Å². The molecule has 0 aliphatic heterocycles. The van der Waals surface area contributed by atoms with E-state index in [-0.39, 0.29) is 19.2 Å². The van der Waals surface area contributed by atoms with Crippen molar-refractivity contribution in [2.45, 2.75) is 219 Å². The lowest BCUT2D eigenvalue weighted by molar-refractivity contribution is -0.154. The van der Waals surface area contributed by atoms with Crippen LogP contribution in [-0.4, -0.2) is 37.0 Å². The lowest BCUT2D eigenvalue weighted by Gasteiger charge is -2.15. The van der Waals surface area contributed by atoms with Crippen LogP contribution < -0.4 is 0 Å². The molecular formula is C48H86O4. The van der Waals surface area contributed by atoms with Gasteiger partial charge in [-0.2, -0.15) is 0 Å². The summed E-state index contributed by atoms with van der Waals surface area (Å²) >= 11 is 0. The van der Waals surface area contributed by atoms with Gasteiger partial charge in [-0.15, -0.1) is 0 Å². The van der Waals surface area contributed by atoms with E-state index in [0.717, 1.165) is 44.9 Å². The van der Waals surface area contributed by atoms with Crippen molar-refractivity contribution in [1.29, 1.82) is 0 Å². The Hall–Kier alpha value is -1.91. The molecule has 0 aromatic heterocycles. The van der Waals surface area contributed by atoms with Crippen molar-refractivity contribution in [2.75, 3.05) is 19.8 Å². The quantitative estimate of drug-likeness (QED) is 0.0387. The van der Waals surface area contributed by atoms with Crippen LogP contribution in [0.4, 0.5) is 0 Å². The zero-order valence-corrected chi connectivity index (χ0v) is 34.6. The van der Waals surface area contributed by atoms with Gasteiger partial charge in [-0.05, 0) is 77.0 Å². The SMILES string of the molecule is CC/C=C\C/C=C\C/C=C\C/C=C\CCCCCCCCCCCCCOCC(CO)OC(=O)CCCCCCC/C=C\CCCCCCCCC. The lowest BCUT2D eigenvalue weighted by atomic mass is 10.1. The summed E-state index contributed by atoms with van der Waals surface area (Å²) < 4.78 is 11.2. The highest BCUT2D eigenvalue weighted by Gasteiger charge is 2.13. The van der Waals surface area contributed by atoms with Crippen LogP contribution in [0.15, 0.2) is 60.8 Å². The zero-order valence-electron chi connectivity index (χ0n) is 34.6. The molecule has 0 saturated carbocycles. The number of carbonyl (C=O) groups is 1. The van der Waals surface area contributed by atoms with Crippen molar-refractivity contribution in [1.82, 2.24) is 0 Å². The second-order valence-electron chi connectivity index (χ2n) is 14.7. The number of carbonyl (C=O) groups excluding carboxylic acids is 1. The molecule has 0 rings (SSSR count). The van der Waals surface area contributed by atoms with Crippen molar-refractivity contribution >= 4 is 5.97 Å². The van der Waals surface area contributed by atoms with Gasteiger partial charge in [-0.25, -0.2) is 0 Å². The fourth-order valence-electron chi connectivity index (χ4n) is 6.26. The first kappa shape index (κ1) is 50.1. The van der Waals surface area contributed by atoms with Gasteiger partial charge in [0.25, 0.3) is 0 Å². The Balaban J connectivity index is 3.44.